The number of para-hydroxylation sites is 1. The molecule has 0 radical (unpaired) electrons. The fraction of sp³-hybridized carbons (Fsp3) is 0. The van der Waals surface area contributed by atoms with Gasteiger partial charge in [0, 0.05) is 22.0 Å². The summed E-state index contributed by atoms with van der Waals surface area (Å²) in [6.07, 6.45) is 0.883. The predicted octanol–water partition coefficient (Wildman–Crippen LogP) is 5.43. The maximum atomic E-state index is 11.4. The first kappa shape index (κ1) is 17.1. The van der Waals surface area contributed by atoms with Crippen LogP contribution in [0.3, 0.4) is 0 Å². The van der Waals surface area contributed by atoms with Gasteiger partial charge in [-0.05, 0) is 47.5 Å². The van der Waals surface area contributed by atoms with E-state index in [0.29, 0.717) is 16.9 Å². The lowest BCUT2D eigenvalue weighted by Gasteiger charge is -2.09. The molecule has 0 amide bonds. The number of anilines is 2. The van der Waals surface area contributed by atoms with Gasteiger partial charge in [-0.25, -0.2) is 0 Å². The molecule has 0 fully saturated rings. The van der Waals surface area contributed by atoms with E-state index in [2.05, 4.69) is 28.8 Å². The van der Waals surface area contributed by atoms with E-state index >= 15 is 0 Å². The lowest BCUT2D eigenvalue weighted by Crippen LogP contribution is -1.95. The van der Waals surface area contributed by atoms with Crippen molar-refractivity contribution in [3.05, 3.63) is 90.5 Å². The first-order chi connectivity index (χ1) is 14.2. The fourth-order valence-corrected chi connectivity index (χ4v) is 4.00. The van der Waals surface area contributed by atoms with Crippen LogP contribution >= 0.6 is 0 Å². The first-order valence-corrected chi connectivity index (χ1v) is 9.40. The zero-order valence-electron chi connectivity index (χ0n) is 15.7. The Kier molecular flexibility index (Phi) is 3.85. The monoisotopic (exact) mass is 377 g/mol. The van der Waals surface area contributed by atoms with Crippen LogP contribution in [0.5, 0.6) is 0 Å². The number of benzene rings is 4. The molecule has 0 unspecified atom stereocenters. The molecule has 29 heavy (non-hydrogen) atoms. The third-order valence-electron chi connectivity index (χ3n) is 5.36. The number of aldehydes is 1. The van der Waals surface area contributed by atoms with Crippen LogP contribution in [0.4, 0.5) is 11.4 Å². The minimum absolute atomic E-state index is 0.564. The highest BCUT2D eigenvalue weighted by Crippen LogP contribution is 2.39. The van der Waals surface area contributed by atoms with Crippen molar-refractivity contribution in [3.63, 3.8) is 0 Å². The van der Waals surface area contributed by atoms with Gasteiger partial charge in [-0.1, -0.05) is 48.5 Å². The largest absolute Gasteiger partial charge is 0.397 e. The van der Waals surface area contributed by atoms with Crippen molar-refractivity contribution in [2.24, 2.45) is 0 Å². The van der Waals surface area contributed by atoms with Crippen molar-refractivity contribution in [1.29, 1.82) is 0 Å². The minimum atomic E-state index is 0.564. The third-order valence-corrected chi connectivity index (χ3v) is 5.36. The first-order valence-electron chi connectivity index (χ1n) is 9.40. The molecular formula is C25H19N3O. The maximum absolute atomic E-state index is 11.4. The molecule has 0 saturated heterocycles. The number of aromatic nitrogens is 1. The Morgan fingerprint density at radius 3 is 2.31 bits per heavy atom. The van der Waals surface area contributed by atoms with Gasteiger partial charge in [0.2, 0.25) is 0 Å². The summed E-state index contributed by atoms with van der Waals surface area (Å²) >= 11 is 0. The van der Waals surface area contributed by atoms with Gasteiger partial charge in [0.15, 0.2) is 0 Å². The Balaban J connectivity index is 1.93. The van der Waals surface area contributed by atoms with Crippen LogP contribution in [0.1, 0.15) is 10.4 Å². The quantitative estimate of drug-likeness (QED) is 0.325. The molecule has 1 heterocycles. The van der Waals surface area contributed by atoms with Gasteiger partial charge in [-0.15, -0.1) is 0 Å². The number of carbonyl (C=O) groups is 1. The zero-order chi connectivity index (χ0) is 20.0. The van der Waals surface area contributed by atoms with Crippen LogP contribution in [0, 0.1) is 0 Å². The smallest absolute Gasteiger partial charge is 0.150 e. The number of carbonyl (C=O) groups excluding carboxylic acids is 1. The third kappa shape index (κ3) is 2.65. The van der Waals surface area contributed by atoms with Crippen LogP contribution in [-0.2, 0) is 0 Å². The fourth-order valence-electron chi connectivity index (χ4n) is 4.00. The lowest BCUT2D eigenvalue weighted by atomic mass is 9.98. The van der Waals surface area contributed by atoms with Gasteiger partial charge >= 0.3 is 0 Å². The summed E-state index contributed by atoms with van der Waals surface area (Å²) in [7, 11) is 0. The number of nitrogens with zero attached hydrogens (tertiary/aromatic N) is 1. The second kappa shape index (κ2) is 6.53. The molecule has 140 valence electrons. The number of nitrogens with two attached hydrogens (primary N) is 2. The maximum Gasteiger partial charge on any atom is 0.150 e. The van der Waals surface area contributed by atoms with E-state index in [1.165, 1.54) is 0 Å². The van der Waals surface area contributed by atoms with E-state index in [0.717, 1.165) is 44.9 Å². The van der Waals surface area contributed by atoms with Gasteiger partial charge < -0.3 is 16.0 Å². The number of nitrogen functional groups attached to an aromatic ring is 2. The average Bonchev–Trinajstić information content (AvgIpc) is 3.10. The van der Waals surface area contributed by atoms with Gasteiger partial charge in [0.1, 0.15) is 6.29 Å². The molecule has 5 aromatic rings. The average molecular weight is 377 g/mol. The van der Waals surface area contributed by atoms with E-state index in [1.807, 2.05) is 60.7 Å². The van der Waals surface area contributed by atoms with Crippen molar-refractivity contribution in [1.82, 2.24) is 4.57 Å². The molecule has 0 aliphatic heterocycles. The summed E-state index contributed by atoms with van der Waals surface area (Å²) < 4.78 is 2.20. The molecule has 0 spiro atoms. The molecule has 0 aliphatic rings. The highest BCUT2D eigenvalue weighted by molar-refractivity contribution is 6.16. The topological polar surface area (TPSA) is 74.0 Å². The summed E-state index contributed by atoms with van der Waals surface area (Å²) in [5, 5.41) is 2.20. The molecule has 5 rings (SSSR count). The molecule has 0 saturated carbocycles. The Morgan fingerprint density at radius 2 is 1.55 bits per heavy atom. The van der Waals surface area contributed by atoms with Gasteiger partial charge in [0.25, 0.3) is 0 Å². The van der Waals surface area contributed by atoms with E-state index in [-0.39, 0.29) is 0 Å². The summed E-state index contributed by atoms with van der Waals surface area (Å²) in [5.41, 5.74) is 19.0. The van der Waals surface area contributed by atoms with Gasteiger partial charge in [-0.3, -0.25) is 4.79 Å². The predicted molar refractivity (Wildman–Crippen MR) is 120 cm³/mol. The summed E-state index contributed by atoms with van der Waals surface area (Å²) in [6, 6.07) is 28.0. The number of hydrogen-bond acceptors (Lipinski definition) is 3. The van der Waals surface area contributed by atoms with Crippen molar-refractivity contribution >= 4 is 39.5 Å². The second-order valence-electron chi connectivity index (χ2n) is 7.11. The van der Waals surface area contributed by atoms with Crippen LogP contribution in [0.25, 0.3) is 38.6 Å². The Labute approximate surface area is 168 Å². The van der Waals surface area contributed by atoms with Crippen LogP contribution < -0.4 is 11.5 Å². The van der Waals surface area contributed by atoms with Crippen LogP contribution in [0.15, 0.2) is 84.9 Å². The Bertz CT molecular complexity index is 1380. The highest BCUT2D eigenvalue weighted by atomic mass is 16.1. The van der Waals surface area contributed by atoms with Crippen molar-refractivity contribution in [3.8, 4) is 16.8 Å². The van der Waals surface area contributed by atoms with E-state index in [1.54, 1.807) is 0 Å². The minimum Gasteiger partial charge on any atom is -0.397 e. The van der Waals surface area contributed by atoms with Crippen LogP contribution in [-0.4, -0.2) is 10.9 Å². The van der Waals surface area contributed by atoms with Gasteiger partial charge in [0.05, 0.1) is 22.4 Å². The summed E-state index contributed by atoms with van der Waals surface area (Å²) in [6.45, 7) is 0. The Morgan fingerprint density at radius 1 is 0.724 bits per heavy atom. The van der Waals surface area contributed by atoms with Crippen molar-refractivity contribution in [2.75, 3.05) is 11.5 Å². The molecule has 4 aromatic carbocycles. The van der Waals surface area contributed by atoms with E-state index in [4.69, 9.17) is 11.5 Å². The number of fused-ring (bicyclic) bond motifs is 3. The summed E-state index contributed by atoms with van der Waals surface area (Å²) in [5.74, 6) is 0. The molecule has 0 bridgehead atoms. The van der Waals surface area contributed by atoms with E-state index < -0.39 is 0 Å². The highest BCUT2D eigenvalue weighted by Gasteiger charge is 2.16. The second-order valence-corrected chi connectivity index (χ2v) is 7.11. The molecule has 0 atom stereocenters. The Hall–Kier alpha value is -4.05. The normalized spacial score (nSPS) is 11.2. The van der Waals surface area contributed by atoms with Gasteiger partial charge in [-0.2, -0.15) is 0 Å². The zero-order valence-corrected chi connectivity index (χ0v) is 15.7. The summed E-state index contributed by atoms with van der Waals surface area (Å²) in [4.78, 5) is 11.4. The van der Waals surface area contributed by atoms with E-state index in [9.17, 15) is 4.79 Å². The molecule has 4 N–H and O–H groups in total. The lowest BCUT2D eigenvalue weighted by molar-refractivity contribution is 0.112. The molecule has 0 aliphatic carbocycles. The molecule has 4 heteroatoms. The van der Waals surface area contributed by atoms with Crippen molar-refractivity contribution < 1.29 is 4.79 Å². The van der Waals surface area contributed by atoms with Crippen LogP contribution in [0.2, 0.25) is 0 Å². The molecule has 1 aromatic heterocycles. The molecular weight excluding hydrogens is 358 g/mol. The number of rotatable bonds is 3. The SMILES string of the molecule is Nc1ccc(-c2cccc3c2c2ccc(C=O)cc2n3-c2ccccc2)cc1N. The number of hydrogen-bond donors (Lipinski definition) is 2. The van der Waals surface area contributed by atoms with Crippen molar-refractivity contribution in [2.45, 2.75) is 0 Å². The standard InChI is InChI=1S/C25H19N3O/c26-21-12-10-17(14-22(21)27)19-7-4-8-23-25(19)20-11-9-16(15-29)13-24(20)28(23)18-5-2-1-3-6-18/h1-15H,26-27H2. The molecule has 4 nitrogen and oxygen atoms in total.